The van der Waals surface area contributed by atoms with Crippen LogP contribution in [0.3, 0.4) is 0 Å². The van der Waals surface area contributed by atoms with Gasteiger partial charge in [0.05, 0.1) is 12.8 Å². The van der Waals surface area contributed by atoms with E-state index in [4.69, 9.17) is 9.36 Å². The molecular formula is C9H12N2O3. The summed E-state index contributed by atoms with van der Waals surface area (Å²) in [5, 5.41) is 4.90. The van der Waals surface area contributed by atoms with Crippen molar-refractivity contribution in [2.75, 3.05) is 13.2 Å². The maximum atomic E-state index is 11.7. The van der Waals surface area contributed by atoms with Gasteiger partial charge in [-0.25, -0.2) is 5.06 Å². The molecule has 1 aliphatic heterocycles. The lowest BCUT2D eigenvalue weighted by atomic mass is 10.2. The number of nitrogens with zero attached hydrogens (tertiary/aromatic N) is 2. The van der Waals surface area contributed by atoms with Crippen LogP contribution in [0.25, 0.3) is 0 Å². The second-order valence-corrected chi connectivity index (χ2v) is 3.29. The highest BCUT2D eigenvalue weighted by molar-refractivity contribution is 5.91. The summed E-state index contributed by atoms with van der Waals surface area (Å²) in [6.07, 6.45) is 3.50. The van der Waals surface area contributed by atoms with E-state index in [0.717, 1.165) is 18.4 Å². The summed E-state index contributed by atoms with van der Waals surface area (Å²) in [5.74, 6) is 0.0339. The van der Waals surface area contributed by atoms with Gasteiger partial charge < -0.3 is 4.52 Å². The number of carbonyl (C=O) groups excluding carboxylic acids is 1. The van der Waals surface area contributed by atoms with Gasteiger partial charge in [0.1, 0.15) is 0 Å². The van der Waals surface area contributed by atoms with Crippen molar-refractivity contribution in [1.82, 2.24) is 10.2 Å². The van der Waals surface area contributed by atoms with Gasteiger partial charge in [-0.3, -0.25) is 9.63 Å². The quantitative estimate of drug-likeness (QED) is 0.676. The Morgan fingerprint density at radius 3 is 3.00 bits per heavy atom. The molecule has 1 aliphatic rings. The second-order valence-electron chi connectivity index (χ2n) is 3.29. The van der Waals surface area contributed by atoms with Crippen LogP contribution in [0.5, 0.6) is 0 Å². The number of hydroxylamine groups is 2. The van der Waals surface area contributed by atoms with Gasteiger partial charge in [-0.2, -0.15) is 0 Å². The smallest absolute Gasteiger partial charge is 0.316 e. The van der Waals surface area contributed by atoms with E-state index in [-0.39, 0.29) is 11.7 Å². The van der Waals surface area contributed by atoms with Crippen molar-refractivity contribution in [3.8, 4) is 0 Å². The third kappa shape index (κ3) is 1.63. The Labute approximate surface area is 81.6 Å². The van der Waals surface area contributed by atoms with E-state index in [0.29, 0.717) is 13.2 Å². The average Bonchev–Trinajstić information content (AvgIpc) is 2.65. The summed E-state index contributed by atoms with van der Waals surface area (Å²) in [4.78, 5) is 17.0. The van der Waals surface area contributed by atoms with Crippen LogP contribution in [-0.2, 0) is 4.84 Å². The molecule has 0 aliphatic carbocycles. The molecule has 5 nitrogen and oxygen atoms in total. The molecule has 14 heavy (non-hydrogen) atoms. The van der Waals surface area contributed by atoms with E-state index < -0.39 is 0 Å². The zero-order valence-electron chi connectivity index (χ0n) is 8.02. The minimum absolute atomic E-state index is 0.236. The topological polar surface area (TPSA) is 55.6 Å². The Morgan fingerprint density at radius 1 is 1.57 bits per heavy atom. The molecule has 0 aromatic carbocycles. The van der Waals surface area contributed by atoms with Crippen molar-refractivity contribution in [1.29, 1.82) is 0 Å². The van der Waals surface area contributed by atoms with Crippen molar-refractivity contribution in [2.24, 2.45) is 0 Å². The summed E-state index contributed by atoms with van der Waals surface area (Å²) >= 11 is 0. The molecule has 76 valence electrons. The Morgan fingerprint density at radius 2 is 2.43 bits per heavy atom. The summed E-state index contributed by atoms with van der Waals surface area (Å²) in [7, 11) is 0. The van der Waals surface area contributed by atoms with Crippen molar-refractivity contribution in [3.63, 3.8) is 0 Å². The van der Waals surface area contributed by atoms with E-state index in [1.165, 1.54) is 11.3 Å². The first-order valence-corrected chi connectivity index (χ1v) is 4.65. The number of rotatable bonds is 1. The highest BCUT2D eigenvalue weighted by Crippen LogP contribution is 2.13. The maximum absolute atomic E-state index is 11.7. The van der Waals surface area contributed by atoms with Crippen LogP contribution < -0.4 is 0 Å². The van der Waals surface area contributed by atoms with Crippen LogP contribution in [-0.4, -0.2) is 29.3 Å². The first-order chi connectivity index (χ1) is 6.79. The van der Waals surface area contributed by atoms with Gasteiger partial charge in [-0.1, -0.05) is 5.16 Å². The number of hydrogen-bond donors (Lipinski definition) is 0. The number of carbonyl (C=O) groups is 1. The fraction of sp³-hybridized carbons (Fsp3) is 0.556. The van der Waals surface area contributed by atoms with Gasteiger partial charge in [-0.05, 0) is 19.8 Å². The summed E-state index contributed by atoms with van der Waals surface area (Å²) in [6, 6.07) is 0. The third-order valence-corrected chi connectivity index (χ3v) is 2.17. The third-order valence-electron chi connectivity index (χ3n) is 2.17. The molecule has 1 saturated heterocycles. The SMILES string of the molecule is Cc1cnoc1C(=O)N1CCCCO1. The van der Waals surface area contributed by atoms with Crippen molar-refractivity contribution >= 4 is 5.91 Å². The Hall–Kier alpha value is -1.36. The van der Waals surface area contributed by atoms with Gasteiger partial charge in [0.25, 0.3) is 0 Å². The lowest BCUT2D eigenvalue weighted by molar-refractivity contribution is -0.145. The molecule has 2 rings (SSSR count). The highest BCUT2D eigenvalue weighted by atomic mass is 16.7. The number of hydrogen-bond acceptors (Lipinski definition) is 4. The van der Waals surface area contributed by atoms with Gasteiger partial charge in [0, 0.05) is 12.1 Å². The molecule has 5 heteroatoms. The fourth-order valence-corrected chi connectivity index (χ4v) is 1.37. The van der Waals surface area contributed by atoms with Gasteiger partial charge >= 0.3 is 5.91 Å². The Bertz CT molecular complexity index is 329. The van der Waals surface area contributed by atoms with E-state index >= 15 is 0 Å². The molecule has 1 fully saturated rings. The monoisotopic (exact) mass is 196 g/mol. The molecule has 0 radical (unpaired) electrons. The molecule has 1 amide bonds. The first kappa shape index (κ1) is 9.21. The average molecular weight is 196 g/mol. The minimum atomic E-state index is -0.236. The summed E-state index contributed by atoms with van der Waals surface area (Å²) in [6.45, 7) is 3.01. The minimum Gasteiger partial charge on any atom is -0.351 e. The molecule has 0 unspecified atom stereocenters. The Kier molecular flexibility index (Phi) is 2.49. The largest absolute Gasteiger partial charge is 0.351 e. The van der Waals surface area contributed by atoms with E-state index in [2.05, 4.69) is 5.16 Å². The molecule has 0 N–H and O–H groups in total. The number of aromatic nitrogens is 1. The van der Waals surface area contributed by atoms with E-state index in [9.17, 15) is 4.79 Å². The number of aryl methyl sites for hydroxylation is 1. The van der Waals surface area contributed by atoms with Crippen LogP contribution in [0.2, 0.25) is 0 Å². The van der Waals surface area contributed by atoms with Crippen LogP contribution in [0.15, 0.2) is 10.7 Å². The van der Waals surface area contributed by atoms with E-state index in [1.807, 2.05) is 0 Å². The molecule has 1 aromatic rings. The van der Waals surface area contributed by atoms with Gasteiger partial charge in [0.15, 0.2) is 0 Å². The van der Waals surface area contributed by atoms with Crippen molar-refractivity contribution in [3.05, 3.63) is 17.5 Å². The summed E-state index contributed by atoms with van der Waals surface area (Å²) < 4.78 is 4.86. The molecular weight excluding hydrogens is 184 g/mol. The van der Waals surface area contributed by atoms with Gasteiger partial charge in [-0.15, -0.1) is 0 Å². The molecule has 2 heterocycles. The molecule has 0 spiro atoms. The zero-order chi connectivity index (χ0) is 9.97. The van der Waals surface area contributed by atoms with Crippen LogP contribution in [0, 0.1) is 6.92 Å². The van der Waals surface area contributed by atoms with Crippen LogP contribution in [0.1, 0.15) is 29.0 Å². The first-order valence-electron chi connectivity index (χ1n) is 4.65. The molecule has 0 atom stereocenters. The lowest BCUT2D eigenvalue weighted by Gasteiger charge is -2.24. The predicted molar refractivity (Wildman–Crippen MR) is 47.5 cm³/mol. The van der Waals surface area contributed by atoms with Crippen molar-refractivity contribution in [2.45, 2.75) is 19.8 Å². The lowest BCUT2D eigenvalue weighted by Crippen LogP contribution is -2.35. The Balaban J connectivity index is 2.11. The maximum Gasteiger partial charge on any atom is 0.316 e. The number of amides is 1. The normalized spacial score (nSPS) is 17.1. The molecule has 0 saturated carbocycles. The predicted octanol–water partition coefficient (Wildman–Crippen LogP) is 1.15. The van der Waals surface area contributed by atoms with E-state index in [1.54, 1.807) is 6.92 Å². The summed E-state index contributed by atoms with van der Waals surface area (Å²) in [5.41, 5.74) is 0.740. The van der Waals surface area contributed by atoms with Crippen LogP contribution in [0.4, 0.5) is 0 Å². The molecule has 0 bridgehead atoms. The zero-order valence-corrected chi connectivity index (χ0v) is 8.02. The molecule has 1 aromatic heterocycles. The van der Waals surface area contributed by atoms with Gasteiger partial charge in [0.2, 0.25) is 5.76 Å². The highest BCUT2D eigenvalue weighted by Gasteiger charge is 2.24. The van der Waals surface area contributed by atoms with Crippen molar-refractivity contribution < 1.29 is 14.2 Å². The fourth-order valence-electron chi connectivity index (χ4n) is 1.37. The van der Waals surface area contributed by atoms with Crippen LogP contribution >= 0.6 is 0 Å². The second kappa shape index (κ2) is 3.79. The standard InChI is InChI=1S/C9H12N2O3/c1-7-6-10-14-8(7)9(12)11-4-2-3-5-13-11/h6H,2-5H2,1H3.